The van der Waals surface area contributed by atoms with Crippen LogP contribution in [-0.4, -0.2) is 4.43 Å². The zero-order valence-electron chi connectivity index (χ0n) is 9.47. The number of allylic oxidation sites excluding steroid dienone is 5. The van der Waals surface area contributed by atoms with Gasteiger partial charge in [-0.25, -0.2) is 0 Å². The molecule has 80 valence electrons. The van der Waals surface area contributed by atoms with Crippen molar-refractivity contribution >= 4 is 22.6 Å². The first-order valence-corrected chi connectivity index (χ1v) is 6.30. The summed E-state index contributed by atoms with van der Waals surface area (Å²) in [6.45, 7) is 8.54. The third-order valence-corrected chi connectivity index (χ3v) is 2.93. The lowest BCUT2D eigenvalue weighted by molar-refractivity contribution is 0.515. The average molecular weight is 305 g/mol. The van der Waals surface area contributed by atoms with Crippen LogP contribution >= 0.6 is 22.6 Å². The highest BCUT2D eigenvalue weighted by molar-refractivity contribution is 14.1. The molecule has 0 unspecified atom stereocenters. The summed E-state index contributed by atoms with van der Waals surface area (Å²) in [5, 5.41) is 0. The molecule has 0 aliphatic rings. The second-order valence-electron chi connectivity index (χ2n) is 4.20. The summed E-state index contributed by atoms with van der Waals surface area (Å²) >= 11 is 2.36. The summed E-state index contributed by atoms with van der Waals surface area (Å²) in [6, 6.07) is 0. The predicted octanol–water partition coefficient (Wildman–Crippen LogP) is 3.81. The van der Waals surface area contributed by atoms with E-state index in [0.29, 0.717) is 0 Å². The van der Waals surface area contributed by atoms with Crippen molar-refractivity contribution in [1.82, 2.24) is 0 Å². The monoisotopic (exact) mass is 305 g/mol. The van der Waals surface area contributed by atoms with Crippen LogP contribution in [0.5, 0.6) is 0 Å². The fraction of sp³-hybridized carbons (Fsp3) is 0.500. The Morgan fingerprint density at radius 2 is 1.86 bits per heavy atom. The summed E-state index contributed by atoms with van der Waals surface area (Å²) in [7, 11) is 0. The van der Waals surface area contributed by atoms with Crippen molar-refractivity contribution in [1.29, 1.82) is 0 Å². The van der Waals surface area contributed by atoms with Gasteiger partial charge in [0.2, 0.25) is 0 Å². The maximum Gasteiger partial charge on any atom is 0.0243 e. The molecule has 0 radical (unpaired) electrons. The zero-order chi connectivity index (χ0) is 11.2. The van der Waals surface area contributed by atoms with E-state index in [1.165, 1.54) is 11.1 Å². The van der Waals surface area contributed by atoms with Gasteiger partial charge in [-0.2, -0.15) is 0 Å². The molecular formula is C12H20IN. The number of hydrogen-bond donors (Lipinski definition) is 1. The minimum Gasteiger partial charge on any atom is -0.404 e. The van der Waals surface area contributed by atoms with Crippen molar-refractivity contribution in [2.45, 2.75) is 27.7 Å². The van der Waals surface area contributed by atoms with Gasteiger partial charge in [0, 0.05) is 4.43 Å². The van der Waals surface area contributed by atoms with Crippen LogP contribution in [0.2, 0.25) is 0 Å². The van der Waals surface area contributed by atoms with E-state index in [4.69, 9.17) is 5.73 Å². The van der Waals surface area contributed by atoms with Crippen molar-refractivity contribution in [3.8, 4) is 0 Å². The minimum absolute atomic E-state index is 0.120. The van der Waals surface area contributed by atoms with Crippen LogP contribution in [0.4, 0.5) is 0 Å². The molecule has 0 aliphatic carbocycles. The molecule has 0 atom stereocenters. The van der Waals surface area contributed by atoms with E-state index >= 15 is 0 Å². The molecule has 1 nitrogen and oxygen atoms in total. The lowest BCUT2D eigenvalue weighted by atomic mass is 9.86. The van der Waals surface area contributed by atoms with Crippen molar-refractivity contribution < 1.29 is 0 Å². The van der Waals surface area contributed by atoms with Crippen LogP contribution < -0.4 is 5.73 Å². The first-order valence-electron chi connectivity index (χ1n) is 4.77. The Morgan fingerprint density at radius 1 is 1.29 bits per heavy atom. The summed E-state index contributed by atoms with van der Waals surface area (Å²) in [5.74, 6) is 0. The van der Waals surface area contributed by atoms with Gasteiger partial charge >= 0.3 is 0 Å². The van der Waals surface area contributed by atoms with E-state index in [9.17, 15) is 0 Å². The minimum atomic E-state index is 0.120. The molecule has 0 bridgehead atoms. The van der Waals surface area contributed by atoms with E-state index < -0.39 is 0 Å². The topological polar surface area (TPSA) is 26.0 Å². The number of nitrogens with two attached hydrogens (primary N) is 1. The van der Waals surface area contributed by atoms with Gasteiger partial charge in [0.15, 0.2) is 0 Å². The Balaban J connectivity index is 4.65. The van der Waals surface area contributed by atoms with Gasteiger partial charge in [-0.3, -0.25) is 0 Å². The summed E-state index contributed by atoms with van der Waals surface area (Å²) in [5.41, 5.74) is 8.21. The molecule has 0 aromatic heterocycles. The van der Waals surface area contributed by atoms with E-state index in [1.54, 1.807) is 6.20 Å². The third kappa shape index (κ3) is 4.84. The van der Waals surface area contributed by atoms with Gasteiger partial charge in [-0.05, 0) is 29.7 Å². The van der Waals surface area contributed by atoms with E-state index in [2.05, 4.69) is 68.5 Å². The molecule has 0 aliphatic heterocycles. The SMILES string of the molecule is C\C=C(/C=C\C(=C/N)C(C)(C)C)CI. The molecule has 2 N–H and O–H groups in total. The normalized spacial score (nSPS) is 15.2. The van der Waals surface area contributed by atoms with Crippen LogP contribution in [0.3, 0.4) is 0 Å². The molecular weight excluding hydrogens is 285 g/mol. The molecule has 0 fully saturated rings. The molecule has 0 spiro atoms. The molecule has 0 aromatic rings. The quantitative estimate of drug-likeness (QED) is 0.479. The molecule has 0 heterocycles. The summed E-state index contributed by atoms with van der Waals surface area (Å²) in [6.07, 6.45) is 8.06. The van der Waals surface area contributed by atoms with Crippen LogP contribution in [0.25, 0.3) is 0 Å². The van der Waals surface area contributed by atoms with Gasteiger partial charge in [-0.1, -0.05) is 61.6 Å². The first-order chi connectivity index (χ1) is 6.45. The smallest absolute Gasteiger partial charge is 0.0243 e. The van der Waals surface area contributed by atoms with Crippen LogP contribution in [-0.2, 0) is 0 Å². The zero-order valence-corrected chi connectivity index (χ0v) is 11.6. The summed E-state index contributed by atoms with van der Waals surface area (Å²) in [4.78, 5) is 0. The number of halogens is 1. The highest BCUT2D eigenvalue weighted by Crippen LogP contribution is 2.25. The van der Waals surface area contributed by atoms with Gasteiger partial charge in [-0.15, -0.1) is 0 Å². The molecule has 0 saturated carbocycles. The van der Waals surface area contributed by atoms with Gasteiger partial charge in [0.1, 0.15) is 0 Å². The molecule has 0 saturated heterocycles. The fourth-order valence-electron chi connectivity index (χ4n) is 0.970. The largest absolute Gasteiger partial charge is 0.404 e. The maximum absolute atomic E-state index is 5.59. The van der Waals surface area contributed by atoms with Crippen LogP contribution in [0.15, 0.2) is 35.6 Å². The standard InChI is InChI=1S/C12H20IN/c1-5-10(8-13)6-7-11(9-14)12(2,3)4/h5-7,9H,8,14H2,1-4H3/b7-6-,10-5+,11-9+. The van der Waals surface area contributed by atoms with E-state index in [0.717, 1.165) is 4.43 Å². The number of rotatable bonds is 3. The Labute approximate surface area is 101 Å². The molecule has 0 rings (SSSR count). The van der Waals surface area contributed by atoms with Crippen LogP contribution in [0.1, 0.15) is 27.7 Å². The van der Waals surface area contributed by atoms with Crippen molar-refractivity contribution in [2.75, 3.05) is 4.43 Å². The second-order valence-corrected chi connectivity index (χ2v) is 4.97. The third-order valence-electron chi connectivity index (χ3n) is 2.05. The lowest BCUT2D eigenvalue weighted by Gasteiger charge is -2.19. The predicted molar refractivity (Wildman–Crippen MR) is 73.5 cm³/mol. The fourth-order valence-corrected chi connectivity index (χ4v) is 1.66. The van der Waals surface area contributed by atoms with Crippen molar-refractivity contribution in [3.05, 3.63) is 35.6 Å². The lowest BCUT2D eigenvalue weighted by Crippen LogP contribution is -2.09. The number of alkyl halides is 1. The van der Waals surface area contributed by atoms with E-state index in [1.807, 2.05) is 0 Å². The van der Waals surface area contributed by atoms with Crippen LogP contribution in [0, 0.1) is 5.41 Å². The Kier molecular flexibility index (Phi) is 6.16. The van der Waals surface area contributed by atoms with E-state index in [-0.39, 0.29) is 5.41 Å². The average Bonchev–Trinajstić information content (AvgIpc) is 2.10. The Morgan fingerprint density at radius 3 is 2.14 bits per heavy atom. The highest BCUT2D eigenvalue weighted by Gasteiger charge is 2.13. The van der Waals surface area contributed by atoms with Gasteiger partial charge in [0.05, 0.1) is 0 Å². The maximum atomic E-state index is 5.59. The summed E-state index contributed by atoms with van der Waals surface area (Å²) < 4.78 is 1.03. The van der Waals surface area contributed by atoms with Gasteiger partial charge < -0.3 is 5.73 Å². The molecule has 14 heavy (non-hydrogen) atoms. The Bertz CT molecular complexity index is 254. The molecule has 2 heteroatoms. The second kappa shape index (κ2) is 6.27. The molecule has 0 amide bonds. The number of hydrogen-bond acceptors (Lipinski definition) is 1. The Hall–Kier alpha value is -0.250. The first kappa shape index (κ1) is 13.8. The van der Waals surface area contributed by atoms with Crippen molar-refractivity contribution in [3.63, 3.8) is 0 Å². The molecule has 0 aromatic carbocycles. The van der Waals surface area contributed by atoms with Gasteiger partial charge in [0.25, 0.3) is 0 Å². The highest BCUT2D eigenvalue weighted by atomic mass is 127. The van der Waals surface area contributed by atoms with Crippen molar-refractivity contribution in [2.24, 2.45) is 11.1 Å².